The van der Waals surface area contributed by atoms with Gasteiger partial charge in [-0.2, -0.15) is 24.4 Å². The molecule has 0 aromatic rings. The Morgan fingerprint density at radius 1 is 0.614 bits per heavy atom. The van der Waals surface area contributed by atoms with Gasteiger partial charge < -0.3 is 19.2 Å². The lowest BCUT2D eigenvalue weighted by atomic mass is 10.4. The quantitative estimate of drug-likeness (QED) is 0.0555. The van der Waals surface area contributed by atoms with Gasteiger partial charge in [0.25, 0.3) is 0 Å². The number of hydrogen-bond acceptors (Lipinski definition) is 4. The van der Waals surface area contributed by atoms with E-state index >= 15 is 0 Å². The molecule has 0 atom stereocenters. The van der Waals surface area contributed by atoms with Crippen LogP contribution in [0.15, 0.2) is 13.2 Å². The molecule has 0 fully saturated rings. The van der Waals surface area contributed by atoms with Crippen LogP contribution in [0, 0.1) is 0 Å². The molecule has 0 aromatic heterocycles. The molecule has 0 aliphatic rings. The van der Waals surface area contributed by atoms with Crippen LogP contribution in [0.5, 0.6) is 0 Å². The van der Waals surface area contributed by atoms with Crippen molar-refractivity contribution >= 4 is 101 Å². The molecule has 4 N–H and O–H groups in total. The number of halogens is 2. The summed E-state index contributed by atoms with van der Waals surface area (Å²) in [5.41, 5.74) is 0. The summed E-state index contributed by atoms with van der Waals surface area (Å²) in [5.74, 6) is 4.78. The van der Waals surface area contributed by atoms with Crippen molar-refractivity contribution in [3.63, 3.8) is 0 Å². The Kier molecular flexibility index (Phi) is 89.0. The van der Waals surface area contributed by atoms with Crippen LogP contribution >= 0.6 is 47.6 Å². The van der Waals surface area contributed by atoms with Gasteiger partial charge in [-0.3, -0.25) is 0 Å². The van der Waals surface area contributed by atoms with E-state index in [1.165, 1.54) is 49.3 Å². The topological polar surface area (TPSA) is 81.5 Å². The summed E-state index contributed by atoms with van der Waals surface area (Å²) >= 11 is 16.9. The van der Waals surface area contributed by atoms with Crippen molar-refractivity contribution in [2.75, 3.05) is 29.0 Å². The Morgan fingerprint density at radius 2 is 0.955 bits per heavy atom. The molecule has 0 aliphatic heterocycles. The van der Waals surface area contributed by atoms with Crippen LogP contribution in [0.1, 0.15) is 59.3 Å². The number of hydrogen-bond donors (Lipinski definition) is 1. The lowest BCUT2D eigenvalue weighted by molar-refractivity contribution is 0.388. The van der Waals surface area contributed by atoms with E-state index < -0.39 is 25.2 Å². The maximum Gasteiger partial charge on any atom is 0.311 e. The Labute approximate surface area is 310 Å². The molecule has 44 heavy (non-hydrogen) atoms. The van der Waals surface area contributed by atoms with Crippen LogP contribution in [0.3, 0.4) is 0 Å². The molecular weight excluding hydrogens is 728 g/mol. The second-order valence-electron chi connectivity index (χ2n) is 11.5. The van der Waals surface area contributed by atoms with E-state index in [9.17, 15) is 0 Å². The van der Waals surface area contributed by atoms with Gasteiger partial charge in [0.2, 0.25) is 0 Å². The highest BCUT2D eigenvalue weighted by atomic mass is 35.5. The van der Waals surface area contributed by atoms with Crippen LogP contribution in [0.2, 0.25) is 90.7 Å². The minimum absolute atomic E-state index is 0. The van der Waals surface area contributed by atoms with E-state index in [1.807, 2.05) is 11.8 Å². The average Bonchev–Trinajstić information content (AvgIpc) is 2.89. The molecule has 0 radical (unpaired) electrons. The fraction of sp³-hybridized carbons (Fsp3) is 0.933. The van der Waals surface area contributed by atoms with E-state index in [2.05, 4.69) is 125 Å². The summed E-state index contributed by atoms with van der Waals surface area (Å²) in [6.07, 6.45) is 7.30. The third-order valence-corrected chi connectivity index (χ3v) is 17.9. The van der Waals surface area contributed by atoms with Crippen molar-refractivity contribution in [2.24, 2.45) is 0 Å². The molecular formula is C30H86Cl2O4S2Si6. The third-order valence-electron chi connectivity index (χ3n) is 4.24. The molecule has 0 aliphatic carbocycles. The summed E-state index contributed by atoms with van der Waals surface area (Å²) in [6.45, 7) is 40.0. The summed E-state index contributed by atoms with van der Waals surface area (Å²) < 4.78 is 13.2. The van der Waals surface area contributed by atoms with Crippen LogP contribution in [-0.2, 0) is 8.23 Å². The molecule has 0 spiro atoms. The molecule has 14 heteroatoms. The van der Waals surface area contributed by atoms with E-state index in [4.69, 9.17) is 31.4 Å². The zero-order valence-electron chi connectivity index (χ0n) is 32.7. The van der Waals surface area contributed by atoms with Gasteiger partial charge in [0.1, 0.15) is 0 Å². The minimum Gasteiger partial charge on any atom is -0.437 e. The van der Waals surface area contributed by atoms with E-state index in [0.29, 0.717) is 28.6 Å². The SMILES string of the molecule is C=C.CCCC.CCCC[Si](C)(C)O[Si](C)(C)O[Si](C)(C)CCSCCCCl.C[SiH2]C.C[SiH2]C.C[SiH2]C.O.O.SCCCCl. The molecule has 280 valence electrons. The van der Waals surface area contributed by atoms with Crippen LogP contribution in [0.25, 0.3) is 0 Å². The number of thioether (sulfide) groups is 1. The van der Waals surface area contributed by atoms with E-state index in [-0.39, 0.29) is 11.0 Å². The molecule has 0 amide bonds. The largest absolute Gasteiger partial charge is 0.437 e. The average molecular weight is 815 g/mol. The summed E-state index contributed by atoms with van der Waals surface area (Å²) in [7, 11) is -3.95. The smallest absolute Gasteiger partial charge is 0.311 e. The number of alkyl halides is 2. The van der Waals surface area contributed by atoms with E-state index in [1.54, 1.807) is 0 Å². The normalized spacial score (nSPS) is 9.77. The first-order valence-electron chi connectivity index (χ1n) is 16.8. The Morgan fingerprint density at radius 3 is 1.20 bits per heavy atom. The van der Waals surface area contributed by atoms with Crippen LogP contribution in [-0.4, -0.2) is 93.7 Å². The second-order valence-corrected chi connectivity index (χ2v) is 30.7. The first kappa shape index (κ1) is 68.2. The maximum atomic E-state index is 6.60. The standard InChI is InChI=1S/C15H37ClO2SSi3.C4H10.C3H7ClS.3C2H8Si.C2H4.2H2O/c1-8-9-14-20(2,3)17-22(6,7)18-21(4,5)15-13-19-12-10-11-16;1-3-4-2;4-2-1-3-5;3*1-3-2;1-2;;/h8-15H2,1-7H3;3-4H2,1-2H3;5H,1-3H2;3*3H2,1-2H3;1-2H2;2*1H2. The Balaban J connectivity index is -0.0000000651. The highest BCUT2D eigenvalue weighted by Crippen LogP contribution is 2.26. The molecule has 0 saturated heterocycles. The monoisotopic (exact) mass is 812 g/mol. The van der Waals surface area contributed by atoms with Crippen molar-refractivity contribution in [3.8, 4) is 0 Å². The first-order valence-corrected chi connectivity index (χ1v) is 37.2. The molecule has 0 bridgehead atoms. The summed E-state index contributed by atoms with van der Waals surface area (Å²) in [6, 6.07) is 2.45. The summed E-state index contributed by atoms with van der Waals surface area (Å²) in [5, 5.41) is 0. The van der Waals surface area contributed by atoms with Gasteiger partial charge in [-0.15, -0.1) is 36.4 Å². The Bertz CT molecular complexity index is 444. The van der Waals surface area contributed by atoms with Crippen molar-refractivity contribution in [2.45, 2.75) is 150 Å². The highest BCUT2D eigenvalue weighted by molar-refractivity contribution is 7.99. The van der Waals surface area contributed by atoms with Crippen LogP contribution < -0.4 is 0 Å². The molecule has 0 saturated carbocycles. The van der Waals surface area contributed by atoms with E-state index in [0.717, 1.165) is 30.4 Å². The van der Waals surface area contributed by atoms with Gasteiger partial charge >= 0.3 is 8.56 Å². The summed E-state index contributed by atoms with van der Waals surface area (Å²) in [4.78, 5) is 0. The fourth-order valence-electron chi connectivity index (χ4n) is 2.69. The lowest BCUT2D eigenvalue weighted by Gasteiger charge is -2.38. The van der Waals surface area contributed by atoms with Crippen molar-refractivity contribution in [3.05, 3.63) is 13.2 Å². The second kappa shape index (κ2) is 57.4. The van der Waals surface area contributed by atoms with Gasteiger partial charge in [-0.25, -0.2) is 0 Å². The molecule has 0 rings (SSSR count). The van der Waals surface area contributed by atoms with Gasteiger partial charge in [-0.1, -0.05) is 85.7 Å². The third kappa shape index (κ3) is 90.4. The molecule has 0 aromatic carbocycles. The lowest BCUT2D eigenvalue weighted by Crippen LogP contribution is -2.52. The predicted octanol–water partition coefficient (Wildman–Crippen LogP) is 9.55. The zero-order chi connectivity index (χ0) is 34.9. The molecule has 0 unspecified atom stereocenters. The number of thiol groups is 1. The zero-order valence-corrected chi connectivity index (χ0v) is 43.1. The van der Waals surface area contributed by atoms with Gasteiger partial charge in [-0.05, 0) is 81.5 Å². The highest BCUT2D eigenvalue weighted by Gasteiger charge is 2.39. The first-order chi connectivity index (χ1) is 19.6. The van der Waals surface area contributed by atoms with Gasteiger partial charge in [0, 0.05) is 40.3 Å². The fourth-order valence-corrected chi connectivity index (χ4v) is 19.8. The maximum absolute atomic E-state index is 6.60. The van der Waals surface area contributed by atoms with Crippen molar-refractivity contribution in [1.82, 2.24) is 0 Å². The van der Waals surface area contributed by atoms with Gasteiger partial charge in [0.05, 0.1) is 0 Å². The van der Waals surface area contributed by atoms with Crippen molar-refractivity contribution < 1.29 is 19.2 Å². The van der Waals surface area contributed by atoms with Crippen molar-refractivity contribution in [1.29, 1.82) is 0 Å². The number of rotatable bonds is 16. The molecule has 0 heterocycles. The molecule has 4 nitrogen and oxygen atoms in total. The Hall–Kier alpha value is 2.16. The van der Waals surface area contributed by atoms with Gasteiger partial charge in [0.15, 0.2) is 16.6 Å². The predicted molar refractivity (Wildman–Crippen MR) is 241 cm³/mol. The van der Waals surface area contributed by atoms with Crippen LogP contribution in [0.4, 0.5) is 0 Å². The number of unbranched alkanes of at least 4 members (excludes halogenated alkanes) is 2. The minimum atomic E-state index is -2.01.